The van der Waals surface area contributed by atoms with Gasteiger partial charge in [-0.25, -0.2) is 4.98 Å². The van der Waals surface area contributed by atoms with Gasteiger partial charge < -0.3 is 9.88 Å². The Morgan fingerprint density at radius 1 is 1.39 bits per heavy atom. The van der Waals surface area contributed by atoms with Crippen molar-refractivity contribution in [1.82, 2.24) is 19.9 Å². The van der Waals surface area contributed by atoms with Crippen LogP contribution in [0, 0.1) is 0 Å². The Bertz CT molecular complexity index is 486. The summed E-state index contributed by atoms with van der Waals surface area (Å²) >= 11 is 0. The quantitative estimate of drug-likeness (QED) is 0.892. The average Bonchev–Trinajstić information content (AvgIpc) is 2.89. The van der Waals surface area contributed by atoms with E-state index < -0.39 is 0 Å². The Kier molecular flexibility index (Phi) is 3.37. The van der Waals surface area contributed by atoms with Gasteiger partial charge in [0.05, 0.1) is 18.6 Å². The zero-order valence-corrected chi connectivity index (χ0v) is 10.4. The smallest absolute Gasteiger partial charge is 0.0951 e. The van der Waals surface area contributed by atoms with E-state index in [1.165, 1.54) is 18.5 Å². The number of nitrogens with one attached hydrogen (secondary N) is 1. The van der Waals surface area contributed by atoms with Crippen LogP contribution in [0.2, 0.25) is 0 Å². The summed E-state index contributed by atoms with van der Waals surface area (Å²) in [6, 6.07) is 6.04. The molecule has 3 heterocycles. The molecule has 2 aromatic heterocycles. The molecule has 0 aliphatic carbocycles. The second kappa shape index (κ2) is 5.31. The maximum absolute atomic E-state index is 4.38. The van der Waals surface area contributed by atoms with E-state index >= 15 is 0 Å². The van der Waals surface area contributed by atoms with Gasteiger partial charge in [0, 0.05) is 30.6 Å². The molecule has 1 saturated heterocycles. The summed E-state index contributed by atoms with van der Waals surface area (Å²) in [7, 11) is 0. The summed E-state index contributed by atoms with van der Waals surface area (Å²) in [6.45, 7) is 3.02. The molecule has 1 aliphatic rings. The Balaban J connectivity index is 1.78. The minimum Gasteiger partial charge on any atom is -0.328 e. The molecule has 0 saturated carbocycles. The fourth-order valence-electron chi connectivity index (χ4n) is 2.57. The van der Waals surface area contributed by atoms with Crippen LogP contribution in [0.5, 0.6) is 0 Å². The molecule has 94 valence electrons. The molecule has 1 unspecified atom stereocenters. The van der Waals surface area contributed by atoms with Crippen LogP contribution in [0.1, 0.15) is 30.1 Å². The molecule has 1 atom stereocenters. The summed E-state index contributed by atoms with van der Waals surface area (Å²) < 4.78 is 2.22. The third kappa shape index (κ3) is 2.43. The molecule has 0 radical (unpaired) electrons. The van der Waals surface area contributed by atoms with Crippen LogP contribution >= 0.6 is 0 Å². The zero-order valence-electron chi connectivity index (χ0n) is 10.4. The summed E-state index contributed by atoms with van der Waals surface area (Å²) in [4.78, 5) is 8.68. The molecular formula is C14H18N4. The first-order chi connectivity index (χ1) is 8.93. The van der Waals surface area contributed by atoms with Gasteiger partial charge in [-0.15, -0.1) is 0 Å². The summed E-state index contributed by atoms with van der Waals surface area (Å²) in [6.07, 6.45) is 8.26. The van der Waals surface area contributed by atoms with E-state index in [1.54, 1.807) is 0 Å². The highest BCUT2D eigenvalue weighted by atomic mass is 15.1. The van der Waals surface area contributed by atoms with E-state index in [0.717, 1.165) is 25.3 Å². The van der Waals surface area contributed by atoms with Crippen LogP contribution in [0.3, 0.4) is 0 Å². The van der Waals surface area contributed by atoms with E-state index in [-0.39, 0.29) is 0 Å². The van der Waals surface area contributed by atoms with Gasteiger partial charge in [0.25, 0.3) is 0 Å². The summed E-state index contributed by atoms with van der Waals surface area (Å²) in [5.74, 6) is 0.588. The standard InChI is InChI=1S/C14H18N4/c1-2-7-17-13(5-1)10-18-11-16-9-14(18)12-4-3-6-15-8-12/h1-2,5,7,9,11-12,15H,3-4,6,8,10H2. The molecule has 1 fully saturated rings. The van der Waals surface area contributed by atoms with Gasteiger partial charge in [0.15, 0.2) is 0 Å². The first-order valence-corrected chi connectivity index (χ1v) is 6.54. The van der Waals surface area contributed by atoms with Crippen LogP contribution in [0.15, 0.2) is 36.9 Å². The number of hydrogen-bond donors (Lipinski definition) is 1. The monoisotopic (exact) mass is 242 g/mol. The average molecular weight is 242 g/mol. The zero-order chi connectivity index (χ0) is 12.2. The third-order valence-corrected chi connectivity index (χ3v) is 3.52. The molecule has 3 rings (SSSR count). The van der Waals surface area contributed by atoms with E-state index in [1.807, 2.05) is 30.9 Å². The van der Waals surface area contributed by atoms with Crippen LogP contribution in [-0.4, -0.2) is 27.6 Å². The second-order valence-corrected chi connectivity index (χ2v) is 4.81. The normalized spacial score (nSPS) is 19.9. The molecule has 0 bridgehead atoms. The first-order valence-electron chi connectivity index (χ1n) is 6.54. The highest BCUT2D eigenvalue weighted by molar-refractivity contribution is 5.12. The maximum Gasteiger partial charge on any atom is 0.0951 e. The summed E-state index contributed by atoms with van der Waals surface area (Å²) in [5.41, 5.74) is 2.41. The van der Waals surface area contributed by atoms with Crippen LogP contribution in [0.25, 0.3) is 0 Å². The van der Waals surface area contributed by atoms with E-state index in [9.17, 15) is 0 Å². The molecule has 2 aromatic rings. The predicted octanol–water partition coefficient (Wildman–Crippen LogP) is 1.79. The lowest BCUT2D eigenvalue weighted by Gasteiger charge is -2.23. The molecule has 1 N–H and O–H groups in total. The van der Waals surface area contributed by atoms with Crippen LogP contribution < -0.4 is 5.32 Å². The van der Waals surface area contributed by atoms with Crippen molar-refractivity contribution in [1.29, 1.82) is 0 Å². The van der Waals surface area contributed by atoms with E-state index in [4.69, 9.17) is 0 Å². The molecule has 0 aromatic carbocycles. The van der Waals surface area contributed by atoms with E-state index in [2.05, 4.69) is 25.9 Å². The van der Waals surface area contributed by atoms with Gasteiger partial charge in [-0.1, -0.05) is 6.07 Å². The Morgan fingerprint density at radius 2 is 2.39 bits per heavy atom. The molecule has 0 amide bonds. The Morgan fingerprint density at radius 3 is 3.17 bits per heavy atom. The molecule has 4 heteroatoms. The minimum absolute atomic E-state index is 0.588. The van der Waals surface area contributed by atoms with Crippen molar-refractivity contribution in [2.45, 2.75) is 25.3 Å². The van der Waals surface area contributed by atoms with Gasteiger partial charge >= 0.3 is 0 Å². The van der Waals surface area contributed by atoms with Crippen molar-refractivity contribution >= 4 is 0 Å². The highest BCUT2D eigenvalue weighted by Gasteiger charge is 2.18. The van der Waals surface area contributed by atoms with Crippen molar-refractivity contribution in [3.63, 3.8) is 0 Å². The van der Waals surface area contributed by atoms with Gasteiger partial charge in [0.1, 0.15) is 0 Å². The number of piperidine rings is 1. The van der Waals surface area contributed by atoms with Crippen molar-refractivity contribution in [3.05, 3.63) is 48.3 Å². The number of pyridine rings is 1. The Hall–Kier alpha value is -1.68. The fourth-order valence-corrected chi connectivity index (χ4v) is 2.57. The molecule has 18 heavy (non-hydrogen) atoms. The lowest BCUT2D eigenvalue weighted by molar-refractivity contribution is 0.443. The maximum atomic E-state index is 4.38. The fraction of sp³-hybridized carbons (Fsp3) is 0.429. The predicted molar refractivity (Wildman–Crippen MR) is 70.4 cm³/mol. The Labute approximate surface area is 107 Å². The number of imidazole rings is 1. The lowest BCUT2D eigenvalue weighted by atomic mass is 9.96. The van der Waals surface area contributed by atoms with Gasteiger partial charge in [-0.05, 0) is 31.5 Å². The van der Waals surface area contributed by atoms with E-state index in [0.29, 0.717) is 5.92 Å². The second-order valence-electron chi connectivity index (χ2n) is 4.81. The molecule has 0 spiro atoms. The van der Waals surface area contributed by atoms with Gasteiger partial charge in [0.2, 0.25) is 0 Å². The number of hydrogen-bond acceptors (Lipinski definition) is 3. The number of aromatic nitrogens is 3. The first kappa shape index (κ1) is 11.4. The number of rotatable bonds is 3. The molecule has 4 nitrogen and oxygen atoms in total. The molecule has 1 aliphatic heterocycles. The van der Waals surface area contributed by atoms with Crippen molar-refractivity contribution in [2.24, 2.45) is 0 Å². The van der Waals surface area contributed by atoms with Crippen molar-refractivity contribution in [3.8, 4) is 0 Å². The van der Waals surface area contributed by atoms with Gasteiger partial charge in [-0.2, -0.15) is 0 Å². The van der Waals surface area contributed by atoms with Gasteiger partial charge in [-0.3, -0.25) is 4.98 Å². The highest BCUT2D eigenvalue weighted by Crippen LogP contribution is 2.23. The van der Waals surface area contributed by atoms with Crippen molar-refractivity contribution < 1.29 is 0 Å². The topological polar surface area (TPSA) is 42.7 Å². The molecular weight excluding hydrogens is 224 g/mol. The minimum atomic E-state index is 0.588. The lowest BCUT2D eigenvalue weighted by Crippen LogP contribution is -2.29. The number of nitrogens with zero attached hydrogens (tertiary/aromatic N) is 3. The van der Waals surface area contributed by atoms with Crippen LogP contribution in [0.4, 0.5) is 0 Å². The summed E-state index contributed by atoms with van der Waals surface area (Å²) in [5, 5.41) is 3.46. The largest absolute Gasteiger partial charge is 0.328 e. The van der Waals surface area contributed by atoms with Crippen molar-refractivity contribution in [2.75, 3.05) is 13.1 Å². The third-order valence-electron chi connectivity index (χ3n) is 3.52. The SMILES string of the molecule is c1ccc(Cn2cncc2C2CCCNC2)nc1. The van der Waals surface area contributed by atoms with Crippen LogP contribution in [-0.2, 0) is 6.54 Å².